The van der Waals surface area contributed by atoms with Gasteiger partial charge >= 0.3 is 0 Å². The summed E-state index contributed by atoms with van der Waals surface area (Å²) in [5, 5.41) is 22.8. The number of methoxy groups -OCH3 is 1. The SMILES string of the molecule is COc1ccc(CCN=Cc2cc(Cl)cc([N+](=O)[O-])c2[O-])cc1. The van der Waals surface area contributed by atoms with E-state index in [2.05, 4.69) is 4.99 Å². The summed E-state index contributed by atoms with van der Waals surface area (Å²) in [6.45, 7) is 0.450. The Labute approximate surface area is 138 Å². The van der Waals surface area contributed by atoms with Crippen LogP contribution in [0.15, 0.2) is 41.4 Å². The first kappa shape index (κ1) is 16.8. The van der Waals surface area contributed by atoms with Crippen molar-refractivity contribution in [2.24, 2.45) is 4.99 Å². The fourth-order valence-electron chi connectivity index (χ4n) is 1.98. The van der Waals surface area contributed by atoms with Gasteiger partial charge in [-0.2, -0.15) is 0 Å². The molecule has 0 bridgehead atoms. The highest BCUT2D eigenvalue weighted by Gasteiger charge is 2.11. The van der Waals surface area contributed by atoms with Crippen molar-refractivity contribution < 1.29 is 14.8 Å². The number of rotatable bonds is 6. The van der Waals surface area contributed by atoms with Crippen LogP contribution in [0.25, 0.3) is 0 Å². The average molecular weight is 334 g/mol. The van der Waals surface area contributed by atoms with Crippen LogP contribution in [-0.2, 0) is 6.42 Å². The first-order valence-electron chi connectivity index (χ1n) is 6.79. The molecule has 0 atom stereocenters. The van der Waals surface area contributed by atoms with Gasteiger partial charge in [0.25, 0.3) is 5.69 Å². The van der Waals surface area contributed by atoms with Gasteiger partial charge in [0.1, 0.15) is 5.75 Å². The van der Waals surface area contributed by atoms with Gasteiger partial charge in [-0.1, -0.05) is 23.7 Å². The molecule has 0 saturated heterocycles. The molecule has 0 aromatic heterocycles. The van der Waals surface area contributed by atoms with Crippen LogP contribution in [0, 0.1) is 10.1 Å². The highest BCUT2D eigenvalue weighted by Crippen LogP contribution is 2.29. The molecule has 120 valence electrons. The van der Waals surface area contributed by atoms with Crippen molar-refractivity contribution in [3.05, 3.63) is 62.7 Å². The molecule has 0 fully saturated rings. The van der Waals surface area contributed by atoms with E-state index in [-0.39, 0.29) is 10.6 Å². The molecule has 2 rings (SSSR count). The number of hydrogen-bond donors (Lipinski definition) is 0. The average Bonchev–Trinajstić information content (AvgIpc) is 2.54. The Morgan fingerprint density at radius 1 is 1.30 bits per heavy atom. The smallest absolute Gasteiger partial charge is 0.263 e. The lowest BCUT2D eigenvalue weighted by atomic mass is 10.1. The summed E-state index contributed by atoms with van der Waals surface area (Å²) in [5.74, 6) is 0.0899. The van der Waals surface area contributed by atoms with Gasteiger partial charge in [0.15, 0.2) is 0 Å². The third-order valence-electron chi connectivity index (χ3n) is 3.18. The van der Waals surface area contributed by atoms with Crippen LogP contribution in [0.2, 0.25) is 5.02 Å². The van der Waals surface area contributed by atoms with E-state index in [4.69, 9.17) is 16.3 Å². The van der Waals surface area contributed by atoms with E-state index >= 15 is 0 Å². The maximum Gasteiger partial charge on any atom is 0.263 e. The zero-order valence-corrected chi connectivity index (χ0v) is 13.1. The Bertz CT molecular complexity index is 730. The maximum absolute atomic E-state index is 11.9. The molecule has 0 saturated carbocycles. The second kappa shape index (κ2) is 7.60. The van der Waals surface area contributed by atoms with Crippen LogP contribution < -0.4 is 9.84 Å². The third kappa shape index (κ3) is 4.43. The molecule has 7 heteroatoms. The van der Waals surface area contributed by atoms with Crippen molar-refractivity contribution >= 4 is 23.5 Å². The molecule has 23 heavy (non-hydrogen) atoms. The maximum atomic E-state index is 11.9. The van der Waals surface area contributed by atoms with Gasteiger partial charge in [-0.3, -0.25) is 15.1 Å². The summed E-state index contributed by atoms with van der Waals surface area (Å²) in [7, 11) is 1.60. The fraction of sp³-hybridized carbons (Fsp3) is 0.188. The first-order valence-corrected chi connectivity index (χ1v) is 7.16. The third-order valence-corrected chi connectivity index (χ3v) is 3.40. The van der Waals surface area contributed by atoms with Crippen molar-refractivity contribution in [2.75, 3.05) is 13.7 Å². The number of aliphatic imine (C=N–C) groups is 1. The molecule has 0 spiro atoms. The van der Waals surface area contributed by atoms with E-state index in [1.165, 1.54) is 12.3 Å². The van der Waals surface area contributed by atoms with Crippen molar-refractivity contribution in [1.29, 1.82) is 0 Å². The molecule has 6 nitrogen and oxygen atoms in total. The lowest BCUT2D eigenvalue weighted by Crippen LogP contribution is -2.02. The summed E-state index contributed by atoms with van der Waals surface area (Å²) < 4.78 is 5.08. The quantitative estimate of drug-likeness (QED) is 0.462. The standard InChI is InChI=1S/C16H15ClN2O4/c1-23-14-4-2-11(3-5-14)6-7-18-10-12-8-13(17)9-15(16(12)20)19(21)22/h2-5,8-10,20H,6-7H2,1H3/p-1. The molecule has 0 aliphatic heterocycles. The van der Waals surface area contributed by atoms with E-state index < -0.39 is 16.4 Å². The summed E-state index contributed by atoms with van der Waals surface area (Å²) in [6.07, 6.45) is 2.00. The molecule has 2 aromatic carbocycles. The van der Waals surface area contributed by atoms with Crippen LogP contribution in [0.4, 0.5) is 5.69 Å². The molecule has 2 aromatic rings. The van der Waals surface area contributed by atoms with Gasteiger partial charge in [0.05, 0.1) is 12.0 Å². The number of nitro groups is 1. The van der Waals surface area contributed by atoms with Crippen LogP contribution >= 0.6 is 11.6 Å². The number of hydrogen-bond acceptors (Lipinski definition) is 5. The summed E-state index contributed by atoms with van der Waals surface area (Å²) in [4.78, 5) is 14.2. The number of ether oxygens (including phenoxy) is 1. The second-order valence-electron chi connectivity index (χ2n) is 4.73. The lowest BCUT2D eigenvalue weighted by Gasteiger charge is -2.10. The molecule has 0 amide bonds. The van der Waals surface area contributed by atoms with Crippen LogP contribution in [0.5, 0.6) is 11.5 Å². The Kier molecular flexibility index (Phi) is 5.54. The lowest BCUT2D eigenvalue weighted by molar-refractivity contribution is -0.398. The molecule has 0 radical (unpaired) electrons. The first-order chi connectivity index (χ1) is 11.0. The van der Waals surface area contributed by atoms with E-state index in [1.54, 1.807) is 7.11 Å². The molecular formula is C16H14ClN2O4-. The Balaban J connectivity index is 2.04. The van der Waals surface area contributed by atoms with Gasteiger partial charge in [-0.05, 0) is 41.5 Å². The van der Waals surface area contributed by atoms with Crippen LogP contribution in [-0.4, -0.2) is 24.8 Å². The topological polar surface area (TPSA) is 87.8 Å². The van der Waals surface area contributed by atoms with Crippen molar-refractivity contribution in [3.63, 3.8) is 0 Å². The monoisotopic (exact) mass is 333 g/mol. The summed E-state index contributed by atoms with van der Waals surface area (Å²) in [6, 6.07) is 9.98. The zero-order valence-electron chi connectivity index (χ0n) is 12.4. The Morgan fingerprint density at radius 3 is 2.61 bits per heavy atom. The molecule has 0 aliphatic carbocycles. The minimum atomic E-state index is -0.747. The van der Waals surface area contributed by atoms with E-state index in [9.17, 15) is 15.2 Å². The van der Waals surface area contributed by atoms with Crippen molar-refractivity contribution in [3.8, 4) is 11.5 Å². The Morgan fingerprint density at radius 2 is 2.00 bits per heavy atom. The van der Waals surface area contributed by atoms with E-state index in [0.29, 0.717) is 13.0 Å². The molecule has 0 unspecified atom stereocenters. The van der Waals surface area contributed by atoms with E-state index in [1.807, 2.05) is 24.3 Å². The highest BCUT2D eigenvalue weighted by molar-refractivity contribution is 6.31. The number of benzene rings is 2. The minimum absolute atomic E-state index is 0.110. The largest absolute Gasteiger partial charge is 0.867 e. The zero-order chi connectivity index (χ0) is 16.8. The van der Waals surface area contributed by atoms with Crippen molar-refractivity contribution in [2.45, 2.75) is 6.42 Å². The Hall–Kier alpha value is -2.60. The molecule has 0 N–H and O–H groups in total. The van der Waals surface area contributed by atoms with Crippen LogP contribution in [0.3, 0.4) is 0 Å². The van der Waals surface area contributed by atoms with Gasteiger partial charge in [-0.15, -0.1) is 0 Å². The fourth-order valence-corrected chi connectivity index (χ4v) is 2.20. The predicted molar refractivity (Wildman–Crippen MR) is 86.7 cm³/mol. The summed E-state index contributed by atoms with van der Waals surface area (Å²) in [5.41, 5.74) is 0.635. The van der Waals surface area contributed by atoms with Gasteiger partial charge < -0.3 is 9.84 Å². The van der Waals surface area contributed by atoms with E-state index in [0.717, 1.165) is 17.4 Å². The number of halogens is 1. The van der Waals surface area contributed by atoms with Gasteiger partial charge in [0, 0.05) is 23.8 Å². The summed E-state index contributed by atoms with van der Waals surface area (Å²) >= 11 is 5.79. The molecule has 0 heterocycles. The minimum Gasteiger partial charge on any atom is -0.867 e. The predicted octanol–water partition coefficient (Wildman–Crippen LogP) is 2.99. The normalized spacial score (nSPS) is 10.9. The van der Waals surface area contributed by atoms with Crippen molar-refractivity contribution in [1.82, 2.24) is 0 Å². The number of nitro benzene ring substituents is 1. The second-order valence-corrected chi connectivity index (χ2v) is 5.17. The number of nitrogens with zero attached hydrogens (tertiary/aromatic N) is 2. The molecule has 0 aliphatic rings. The highest BCUT2D eigenvalue weighted by atomic mass is 35.5. The van der Waals surface area contributed by atoms with Gasteiger partial charge in [0.2, 0.25) is 0 Å². The molecular weight excluding hydrogens is 320 g/mol. The van der Waals surface area contributed by atoms with Crippen LogP contribution in [0.1, 0.15) is 11.1 Å². The van der Waals surface area contributed by atoms with Gasteiger partial charge in [-0.25, -0.2) is 0 Å².